The van der Waals surface area contributed by atoms with Crippen molar-refractivity contribution in [2.45, 2.75) is 18.3 Å². The minimum Gasteiger partial charge on any atom is -0.507 e. The standard InChI is InChI=1S/C28H17ClN6O9/c1-44-13-5-12(36)15-16(21(13)37)23(39)18-17(22(15)38)25(41)28(26(18)42)3-2-10-19(28)24(40)14-11(20(10)29)4-9(33-27(14)43)6-30-34-35-7-31-32-8-35/h4-8,34,38-40H,2-3H2,1H3,(H,33,43)/t28-/m0/s1. The number of phenols is 3. The van der Waals surface area contributed by atoms with E-state index in [1.54, 1.807) is 0 Å². The molecular formula is C28H17ClN6O9. The van der Waals surface area contributed by atoms with Gasteiger partial charge < -0.3 is 25.0 Å². The van der Waals surface area contributed by atoms with Gasteiger partial charge in [0.15, 0.2) is 23.1 Å². The number of ether oxygens (including phenoxy) is 1. The summed E-state index contributed by atoms with van der Waals surface area (Å²) in [6.07, 6.45) is 4.49. The number of nitrogens with one attached hydrogen (secondary N) is 2. The number of hydrogen-bond donors (Lipinski definition) is 5. The quantitative estimate of drug-likeness (QED) is 0.0954. The number of hydrogen-bond acceptors (Lipinski definition) is 13. The Morgan fingerprint density at radius 2 is 1.68 bits per heavy atom. The van der Waals surface area contributed by atoms with Gasteiger partial charge in [-0.3, -0.25) is 24.0 Å². The van der Waals surface area contributed by atoms with Gasteiger partial charge in [-0.2, -0.15) is 5.10 Å². The predicted octanol–water partition coefficient (Wildman–Crippen LogP) is 1.64. The largest absolute Gasteiger partial charge is 0.507 e. The number of carbonyl (C=O) groups is 4. The lowest BCUT2D eigenvalue weighted by molar-refractivity contribution is 0.0790. The summed E-state index contributed by atoms with van der Waals surface area (Å²) in [5, 5.41) is 44.7. The molecule has 0 amide bonds. The van der Waals surface area contributed by atoms with Crippen LogP contribution in [0, 0.1) is 0 Å². The number of pyridine rings is 1. The summed E-state index contributed by atoms with van der Waals surface area (Å²) in [5.41, 5.74) is -3.02. The van der Waals surface area contributed by atoms with E-state index in [0.29, 0.717) is 0 Å². The lowest BCUT2D eigenvalue weighted by atomic mass is 9.76. The summed E-state index contributed by atoms with van der Waals surface area (Å²) in [7, 11) is 1.12. The molecule has 16 heteroatoms. The fraction of sp³-hybridized carbons (Fsp3) is 0.143. The molecule has 0 fully saturated rings. The lowest BCUT2D eigenvalue weighted by Crippen LogP contribution is -2.36. The summed E-state index contributed by atoms with van der Waals surface area (Å²) >= 11 is 6.75. The first-order valence-electron chi connectivity index (χ1n) is 12.8. The number of methoxy groups -OCH3 is 1. The highest BCUT2D eigenvalue weighted by Crippen LogP contribution is 2.58. The molecular weight excluding hydrogens is 600 g/mol. The summed E-state index contributed by atoms with van der Waals surface area (Å²) in [5.74, 6) is -7.06. The molecule has 0 aliphatic heterocycles. The Balaban J connectivity index is 1.41. The lowest BCUT2D eigenvalue weighted by Gasteiger charge is -2.23. The smallest absolute Gasteiger partial charge is 0.260 e. The van der Waals surface area contributed by atoms with Crippen LogP contribution in [0.3, 0.4) is 0 Å². The van der Waals surface area contributed by atoms with Crippen LogP contribution < -0.4 is 11.1 Å². The zero-order chi connectivity index (χ0) is 31.2. The zero-order valence-corrected chi connectivity index (χ0v) is 23.0. The van der Waals surface area contributed by atoms with Crippen LogP contribution in [0.25, 0.3) is 10.8 Å². The third-order valence-corrected chi connectivity index (χ3v) is 8.59. The Morgan fingerprint density at radius 1 is 1.02 bits per heavy atom. The molecule has 2 aromatic heterocycles. The van der Waals surface area contributed by atoms with E-state index in [-0.39, 0.29) is 45.5 Å². The van der Waals surface area contributed by atoms with Crippen LogP contribution in [0.1, 0.15) is 64.7 Å². The Morgan fingerprint density at radius 3 is 2.34 bits per heavy atom. The number of benzene rings is 2. The number of fused-ring (bicyclic) bond motifs is 5. The number of H-pyrrole nitrogens is 1. The van der Waals surface area contributed by atoms with Gasteiger partial charge in [-0.1, -0.05) is 11.6 Å². The van der Waals surface area contributed by atoms with E-state index in [1.165, 1.54) is 29.6 Å². The van der Waals surface area contributed by atoms with Gasteiger partial charge in [0.05, 0.1) is 51.7 Å². The maximum atomic E-state index is 14.1. The first kappa shape index (κ1) is 27.0. The maximum absolute atomic E-state index is 14.1. The van der Waals surface area contributed by atoms with Crippen LogP contribution >= 0.6 is 11.6 Å². The highest BCUT2D eigenvalue weighted by Gasteiger charge is 2.62. The molecule has 44 heavy (non-hydrogen) atoms. The van der Waals surface area contributed by atoms with Crippen LogP contribution in [-0.4, -0.2) is 71.6 Å². The number of rotatable bonds is 4. The van der Waals surface area contributed by atoms with E-state index in [0.717, 1.165) is 13.2 Å². The summed E-state index contributed by atoms with van der Waals surface area (Å²) in [6.45, 7) is 0. The summed E-state index contributed by atoms with van der Waals surface area (Å²) in [6, 6.07) is 1.44. The molecule has 5 N–H and O–H groups in total. The van der Waals surface area contributed by atoms with Gasteiger partial charge in [-0.05, 0) is 24.5 Å². The number of nitrogens with zero attached hydrogens (tertiary/aromatic N) is 4. The number of aromatic amines is 1. The minimum atomic E-state index is -2.21. The topological polar surface area (TPSA) is 226 Å². The number of allylic oxidation sites excluding steroid dienone is 2. The van der Waals surface area contributed by atoms with E-state index in [4.69, 9.17) is 16.3 Å². The average molecular weight is 617 g/mol. The third-order valence-electron chi connectivity index (χ3n) is 8.16. The fourth-order valence-electron chi connectivity index (χ4n) is 6.29. The van der Waals surface area contributed by atoms with E-state index >= 15 is 0 Å². The molecule has 220 valence electrons. The first-order chi connectivity index (χ1) is 21.0. The first-order valence-corrected chi connectivity index (χ1v) is 13.2. The van der Waals surface area contributed by atoms with Gasteiger partial charge in [0, 0.05) is 17.0 Å². The van der Waals surface area contributed by atoms with Gasteiger partial charge >= 0.3 is 0 Å². The highest BCUT2D eigenvalue weighted by molar-refractivity contribution is 6.41. The van der Waals surface area contributed by atoms with E-state index in [2.05, 4.69) is 25.8 Å². The summed E-state index contributed by atoms with van der Waals surface area (Å²) in [4.78, 5) is 69.8. The monoisotopic (exact) mass is 616 g/mol. The van der Waals surface area contributed by atoms with Crippen molar-refractivity contribution in [2.75, 3.05) is 12.6 Å². The van der Waals surface area contributed by atoms with E-state index in [1.807, 2.05) is 0 Å². The number of phenolic OH excluding ortho intramolecular Hbond substituents is 3. The molecule has 1 spiro atoms. The Kier molecular flexibility index (Phi) is 5.58. The Labute approximate surface area is 249 Å². The van der Waals surface area contributed by atoms with Crippen LogP contribution in [-0.2, 0) is 16.6 Å². The molecule has 4 aromatic rings. The molecule has 1 atom stereocenters. The molecule has 3 aliphatic carbocycles. The number of ketones is 4. The number of halogens is 1. The molecule has 2 heterocycles. The molecule has 0 unspecified atom stereocenters. The number of aromatic nitrogens is 4. The second kappa shape index (κ2) is 9.08. The van der Waals surface area contributed by atoms with Crippen molar-refractivity contribution < 1.29 is 39.2 Å². The Bertz CT molecular complexity index is 2180. The molecule has 0 saturated carbocycles. The van der Waals surface area contributed by atoms with Crippen molar-refractivity contribution in [3.05, 3.63) is 85.0 Å². The fourth-order valence-corrected chi connectivity index (χ4v) is 6.63. The molecule has 3 aliphatic rings. The van der Waals surface area contributed by atoms with Crippen molar-refractivity contribution in [1.82, 2.24) is 19.9 Å². The van der Waals surface area contributed by atoms with E-state index < -0.39 is 79.4 Å². The molecule has 7 rings (SSSR count). The van der Waals surface area contributed by atoms with Crippen molar-refractivity contribution in [1.29, 1.82) is 0 Å². The number of hydrazone groups is 1. The van der Waals surface area contributed by atoms with Crippen molar-refractivity contribution >= 4 is 51.7 Å². The Hall–Kier alpha value is -5.83. The molecule has 0 radical (unpaired) electrons. The number of carbonyl (C=O) groups excluding carboxylic acids is 4. The van der Waals surface area contributed by atoms with Crippen LogP contribution in [0.2, 0.25) is 5.02 Å². The minimum absolute atomic E-state index is 0.0109. The maximum Gasteiger partial charge on any atom is 0.260 e. The molecule has 2 aromatic carbocycles. The normalized spacial score (nSPS) is 18.7. The average Bonchev–Trinajstić information content (AvgIpc) is 3.71. The van der Waals surface area contributed by atoms with Gasteiger partial charge in [-0.15, -0.1) is 10.2 Å². The number of aromatic hydroxyl groups is 3. The van der Waals surface area contributed by atoms with Crippen LogP contribution in [0.5, 0.6) is 17.2 Å². The molecule has 15 nitrogen and oxygen atoms in total. The van der Waals surface area contributed by atoms with Crippen molar-refractivity contribution in [3.63, 3.8) is 0 Å². The van der Waals surface area contributed by atoms with Gasteiger partial charge in [0.1, 0.15) is 35.3 Å². The molecule has 0 saturated heterocycles. The number of Topliss-reactive ketones (excluding diaryl/α,β-unsaturated/α-hetero) is 3. The predicted molar refractivity (Wildman–Crippen MR) is 150 cm³/mol. The second-order valence-corrected chi connectivity index (χ2v) is 10.6. The second-order valence-electron chi connectivity index (χ2n) is 10.3. The van der Waals surface area contributed by atoms with Crippen LogP contribution in [0.15, 0.2) is 40.5 Å². The third kappa shape index (κ3) is 3.26. The van der Waals surface area contributed by atoms with E-state index in [9.17, 15) is 39.3 Å². The van der Waals surface area contributed by atoms with Gasteiger partial charge in [0.2, 0.25) is 5.78 Å². The van der Waals surface area contributed by atoms with Gasteiger partial charge in [0.25, 0.3) is 5.56 Å². The SMILES string of the molecule is COC1=CC(=O)c2c(O)c3c(c(O)c2C1=O)C(=O)[C@]1(CCc2c1c(O)c1c(=O)[nH]c(C=NNn4cnnc4)cc1c2Cl)C3=O. The summed E-state index contributed by atoms with van der Waals surface area (Å²) < 4.78 is 6.24. The van der Waals surface area contributed by atoms with Crippen molar-refractivity contribution in [2.24, 2.45) is 5.10 Å². The molecule has 0 bridgehead atoms. The van der Waals surface area contributed by atoms with Crippen LogP contribution in [0.4, 0.5) is 0 Å². The highest BCUT2D eigenvalue weighted by atomic mass is 35.5. The van der Waals surface area contributed by atoms with Crippen molar-refractivity contribution in [3.8, 4) is 17.2 Å². The van der Waals surface area contributed by atoms with Gasteiger partial charge in [-0.25, -0.2) is 10.2 Å². The zero-order valence-electron chi connectivity index (χ0n) is 22.3.